The summed E-state index contributed by atoms with van der Waals surface area (Å²) in [6.07, 6.45) is 4.43. The van der Waals surface area contributed by atoms with Crippen LogP contribution in [0.15, 0.2) is 30.3 Å². The average Bonchev–Trinajstić information content (AvgIpc) is 2.27. The highest BCUT2D eigenvalue weighted by atomic mass is 16.3. The molecule has 0 aromatic heterocycles. The molecule has 0 bridgehead atoms. The number of aliphatic hydroxyl groups is 1. The second-order valence-corrected chi connectivity index (χ2v) is 4.60. The molecule has 2 rings (SSSR count). The Balaban J connectivity index is 2.41. The van der Waals surface area contributed by atoms with Crippen LogP contribution < -0.4 is 0 Å². The summed E-state index contributed by atoms with van der Waals surface area (Å²) >= 11 is 0. The first-order chi connectivity index (χ1) is 7.24. The summed E-state index contributed by atoms with van der Waals surface area (Å²) in [7, 11) is 0. The van der Waals surface area contributed by atoms with Crippen molar-refractivity contribution in [3.63, 3.8) is 0 Å². The number of allylic oxidation sites excluding steroid dienone is 1. The molecular formula is C14H18O. The SMILES string of the molecule is CC(C)[C@H]1C=Cc2ccccc2[C@@H]1CO. The molecule has 0 heterocycles. The van der Waals surface area contributed by atoms with Gasteiger partial charge in [0, 0.05) is 5.92 Å². The van der Waals surface area contributed by atoms with Crippen molar-refractivity contribution < 1.29 is 5.11 Å². The lowest BCUT2D eigenvalue weighted by molar-refractivity contribution is 0.219. The molecule has 0 saturated carbocycles. The fourth-order valence-corrected chi connectivity index (χ4v) is 2.46. The minimum absolute atomic E-state index is 0.240. The summed E-state index contributed by atoms with van der Waals surface area (Å²) in [6, 6.07) is 8.35. The van der Waals surface area contributed by atoms with Gasteiger partial charge in [-0.2, -0.15) is 0 Å². The molecule has 0 unspecified atom stereocenters. The van der Waals surface area contributed by atoms with Crippen molar-refractivity contribution in [2.75, 3.05) is 6.61 Å². The van der Waals surface area contributed by atoms with E-state index in [1.54, 1.807) is 0 Å². The molecule has 1 N–H and O–H groups in total. The molecule has 1 aromatic rings. The van der Waals surface area contributed by atoms with E-state index in [-0.39, 0.29) is 12.5 Å². The minimum Gasteiger partial charge on any atom is -0.396 e. The van der Waals surface area contributed by atoms with Crippen molar-refractivity contribution in [3.05, 3.63) is 41.5 Å². The molecule has 0 aliphatic heterocycles. The van der Waals surface area contributed by atoms with Crippen LogP contribution in [0.4, 0.5) is 0 Å². The van der Waals surface area contributed by atoms with Gasteiger partial charge in [0.2, 0.25) is 0 Å². The molecule has 1 aromatic carbocycles. The lowest BCUT2D eigenvalue weighted by Gasteiger charge is -2.31. The van der Waals surface area contributed by atoms with E-state index >= 15 is 0 Å². The molecule has 1 heteroatoms. The van der Waals surface area contributed by atoms with Crippen LogP contribution in [-0.4, -0.2) is 11.7 Å². The zero-order valence-electron chi connectivity index (χ0n) is 9.35. The molecule has 15 heavy (non-hydrogen) atoms. The molecule has 1 nitrogen and oxygen atoms in total. The fourth-order valence-electron chi connectivity index (χ4n) is 2.46. The molecular weight excluding hydrogens is 184 g/mol. The smallest absolute Gasteiger partial charge is 0.0505 e. The van der Waals surface area contributed by atoms with Crippen LogP contribution in [0.3, 0.4) is 0 Å². The molecule has 80 valence electrons. The molecule has 1 aliphatic rings. The minimum atomic E-state index is 0.240. The third-order valence-corrected chi connectivity index (χ3v) is 3.32. The third-order valence-electron chi connectivity index (χ3n) is 3.32. The normalized spacial score (nSPS) is 24.3. The average molecular weight is 202 g/mol. The van der Waals surface area contributed by atoms with Gasteiger partial charge in [-0.1, -0.05) is 50.3 Å². The molecule has 2 atom stereocenters. The Labute approximate surface area is 91.4 Å². The van der Waals surface area contributed by atoms with Gasteiger partial charge in [0.1, 0.15) is 0 Å². The van der Waals surface area contributed by atoms with Crippen molar-refractivity contribution in [1.29, 1.82) is 0 Å². The van der Waals surface area contributed by atoms with E-state index in [4.69, 9.17) is 0 Å². The van der Waals surface area contributed by atoms with Crippen LogP contribution in [-0.2, 0) is 0 Å². The Bertz CT molecular complexity index is 365. The summed E-state index contributed by atoms with van der Waals surface area (Å²) in [4.78, 5) is 0. The zero-order valence-corrected chi connectivity index (χ0v) is 9.35. The van der Waals surface area contributed by atoms with Gasteiger partial charge in [-0.3, -0.25) is 0 Å². The van der Waals surface area contributed by atoms with Gasteiger partial charge in [0.15, 0.2) is 0 Å². The van der Waals surface area contributed by atoms with Crippen molar-refractivity contribution in [3.8, 4) is 0 Å². The van der Waals surface area contributed by atoms with E-state index in [2.05, 4.69) is 44.2 Å². The topological polar surface area (TPSA) is 20.2 Å². The van der Waals surface area contributed by atoms with Gasteiger partial charge in [-0.05, 0) is 23.0 Å². The first-order valence-electron chi connectivity index (χ1n) is 5.62. The zero-order chi connectivity index (χ0) is 10.8. The predicted octanol–water partition coefficient (Wildman–Crippen LogP) is 3.06. The third kappa shape index (κ3) is 1.84. The van der Waals surface area contributed by atoms with Gasteiger partial charge in [-0.15, -0.1) is 0 Å². The van der Waals surface area contributed by atoms with Crippen molar-refractivity contribution in [2.45, 2.75) is 19.8 Å². The van der Waals surface area contributed by atoms with Crippen LogP contribution in [0, 0.1) is 11.8 Å². The van der Waals surface area contributed by atoms with Crippen LogP contribution in [0.1, 0.15) is 30.9 Å². The quantitative estimate of drug-likeness (QED) is 0.781. The second-order valence-electron chi connectivity index (χ2n) is 4.60. The maximum Gasteiger partial charge on any atom is 0.0505 e. The van der Waals surface area contributed by atoms with Crippen LogP contribution in [0.5, 0.6) is 0 Å². The van der Waals surface area contributed by atoms with E-state index in [1.807, 2.05) is 6.07 Å². The molecule has 0 fully saturated rings. The number of hydrogen-bond donors (Lipinski definition) is 1. The largest absolute Gasteiger partial charge is 0.396 e. The van der Waals surface area contributed by atoms with E-state index in [1.165, 1.54) is 11.1 Å². The summed E-state index contributed by atoms with van der Waals surface area (Å²) < 4.78 is 0. The molecule has 0 spiro atoms. The fraction of sp³-hybridized carbons (Fsp3) is 0.429. The number of hydrogen-bond acceptors (Lipinski definition) is 1. The van der Waals surface area contributed by atoms with Gasteiger partial charge in [0.25, 0.3) is 0 Å². The molecule has 0 radical (unpaired) electrons. The van der Waals surface area contributed by atoms with Crippen LogP contribution >= 0.6 is 0 Å². The van der Waals surface area contributed by atoms with E-state index in [0.29, 0.717) is 11.8 Å². The van der Waals surface area contributed by atoms with Gasteiger partial charge in [-0.25, -0.2) is 0 Å². The highest BCUT2D eigenvalue weighted by Gasteiger charge is 2.27. The Kier molecular flexibility index (Phi) is 2.92. The Morgan fingerprint density at radius 1 is 1.27 bits per heavy atom. The van der Waals surface area contributed by atoms with Gasteiger partial charge < -0.3 is 5.11 Å². The summed E-state index contributed by atoms with van der Waals surface area (Å²) in [5.41, 5.74) is 2.55. The number of rotatable bonds is 2. The second kappa shape index (κ2) is 4.19. The maximum absolute atomic E-state index is 9.52. The van der Waals surface area contributed by atoms with Crippen molar-refractivity contribution in [2.24, 2.45) is 11.8 Å². The Hall–Kier alpha value is -1.08. The monoisotopic (exact) mass is 202 g/mol. The van der Waals surface area contributed by atoms with E-state index in [9.17, 15) is 5.11 Å². The summed E-state index contributed by atoms with van der Waals surface area (Å²) in [6.45, 7) is 4.67. The van der Waals surface area contributed by atoms with Crippen molar-refractivity contribution >= 4 is 6.08 Å². The Morgan fingerprint density at radius 2 is 2.00 bits per heavy atom. The van der Waals surface area contributed by atoms with E-state index < -0.39 is 0 Å². The highest BCUT2D eigenvalue weighted by molar-refractivity contribution is 5.58. The van der Waals surface area contributed by atoms with Crippen LogP contribution in [0.25, 0.3) is 6.08 Å². The summed E-state index contributed by atoms with van der Waals surface area (Å²) in [5, 5.41) is 9.52. The molecule has 1 aliphatic carbocycles. The predicted molar refractivity (Wildman–Crippen MR) is 63.6 cm³/mol. The Morgan fingerprint density at radius 3 is 2.67 bits per heavy atom. The van der Waals surface area contributed by atoms with Gasteiger partial charge >= 0.3 is 0 Å². The standard InChI is InChI=1S/C14H18O/c1-10(2)12-8-7-11-5-3-4-6-13(11)14(12)9-15/h3-8,10,12,14-15H,9H2,1-2H3/t12-,14-/m1/s1. The molecule has 0 amide bonds. The van der Waals surface area contributed by atoms with E-state index in [0.717, 1.165) is 0 Å². The number of fused-ring (bicyclic) bond motifs is 1. The summed E-state index contributed by atoms with van der Waals surface area (Å²) in [5.74, 6) is 1.31. The van der Waals surface area contributed by atoms with Crippen molar-refractivity contribution in [1.82, 2.24) is 0 Å². The van der Waals surface area contributed by atoms with Crippen LogP contribution in [0.2, 0.25) is 0 Å². The molecule has 0 saturated heterocycles. The lowest BCUT2D eigenvalue weighted by atomic mass is 9.75. The maximum atomic E-state index is 9.52. The lowest BCUT2D eigenvalue weighted by Crippen LogP contribution is -2.22. The first kappa shape index (κ1) is 10.4. The number of aliphatic hydroxyl groups excluding tert-OH is 1. The van der Waals surface area contributed by atoms with Gasteiger partial charge in [0.05, 0.1) is 6.61 Å². The highest BCUT2D eigenvalue weighted by Crippen LogP contribution is 2.37. The first-order valence-corrected chi connectivity index (χ1v) is 5.62. The number of benzene rings is 1.